The van der Waals surface area contributed by atoms with Gasteiger partial charge >= 0.3 is 12.1 Å². The van der Waals surface area contributed by atoms with Crippen molar-refractivity contribution in [3.63, 3.8) is 0 Å². The van der Waals surface area contributed by atoms with Crippen molar-refractivity contribution in [3.05, 3.63) is 41.7 Å². The molecule has 0 spiro atoms. The summed E-state index contributed by atoms with van der Waals surface area (Å²) in [6, 6.07) is 3.69. The number of anilines is 2. The molecular weight excluding hydrogens is 374 g/mol. The molecule has 0 fully saturated rings. The van der Waals surface area contributed by atoms with E-state index >= 15 is 0 Å². The van der Waals surface area contributed by atoms with Crippen molar-refractivity contribution in [2.75, 3.05) is 18.1 Å². The number of hydrogen-bond donors (Lipinski definition) is 5. The highest BCUT2D eigenvalue weighted by molar-refractivity contribution is 5.86. The fraction of sp³-hybridized carbons (Fsp3) is 0.200. The molecule has 3 rings (SSSR count). The average molecular weight is 387 g/mol. The predicted octanol–water partition coefficient (Wildman–Crippen LogP) is 1.27. The minimum atomic E-state index is -5.01. The highest BCUT2D eigenvalue weighted by Gasteiger charge is 2.40. The average Bonchev–Trinajstić information content (AvgIpc) is 2.95. The normalized spacial score (nSPS) is 12.6. The summed E-state index contributed by atoms with van der Waals surface area (Å²) in [6.07, 6.45) is -4.67. The van der Waals surface area contributed by atoms with Crippen LogP contribution in [-0.4, -0.2) is 36.7 Å². The lowest BCUT2D eigenvalue weighted by atomic mass is 10.1. The Labute approximate surface area is 148 Å². The van der Waals surface area contributed by atoms with Gasteiger partial charge in [0.1, 0.15) is 28.5 Å². The van der Waals surface area contributed by atoms with E-state index in [9.17, 15) is 32.9 Å². The fourth-order valence-corrected chi connectivity index (χ4v) is 2.62. The molecule has 144 valence electrons. The van der Waals surface area contributed by atoms with Gasteiger partial charge in [0.05, 0.1) is 6.20 Å². The Morgan fingerprint density at radius 2 is 1.85 bits per heavy atom. The van der Waals surface area contributed by atoms with Gasteiger partial charge in [0.2, 0.25) is 5.82 Å². The monoisotopic (exact) mass is 387 g/mol. The smallest absolute Gasteiger partial charge is 0.388 e. The molecule has 0 saturated heterocycles. The van der Waals surface area contributed by atoms with Crippen molar-refractivity contribution < 1.29 is 32.9 Å². The highest BCUT2D eigenvalue weighted by Crippen LogP contribution is 2.38. The Morgan fingerprint density at radius 3 is 2.37 bits per heavy atom. The molecule has 8 nitrogen and oxygen atoms in total. The number of alkyl halides is 3. The predicted molar refractivity (Wildman–Crippen MR) is 85.7 cm³/mol. The van der Waals surface area contributed by atoms with Crippen molar-refractivity contribution in [2.45, 2.75) is 12.1 Å². The second-order valence-corrected chi connectivity index (χ2v) is 5.57. The van der Waals surface area contributed by atoms with Gasteiger partial charge in [-0.25, -0.2) is 14.4 Å². The molecular formula is C15H13F4N5O3. The van der Waals surface area contributed by atoms with Crippen LogP contribution in [0, 0.1) is 5.82 Å². The number of halogens is 4. The van der Waals surface area contributed by atoms with Gasteiger partial charge in [-0.05, 0) is 18.2 Å². The lowest BCUT2D eigenvalue weighted by Crippen LogP contribution is -2.29. The second kappa shape index (κ2) is 6.04. The van der Waals surface area contributed by atoms with Gasteiger partial charge in [-0.3, -0.25) is 4.40 Å². The number of rotatable bonds is 3. The molecule has 27 heavy (non-hydrogen) atoms. The van der Waals surface area contributed by atoms with E-state index in [-0.39, 0.29) is 9.96 Å². The van der Waals surface area contributed by atoms with E-state index in [2.05, 4.69) is 15.3 Å². The molecule has 1 aromatic carbocycles. The molecule has 3 aromatic rings. The number of hydrogen-bond acceptors (Lipinski definition) is 7. The van der Waals surface area contributed by atoms with Crippen LogP contribution in [0.2, 0.25) is 0 Å². The maximum atomic E-state index is 14.5. The van der Waals surface area contributed by atoms with Gasteiger partial charge in [0, 0.05) is 18.3 Å². The van der Waals surface area contributed by atoms with Gasteiger partial charge in [0.25, 0.3) is 0 Å². The Morgan fingerprint density at radius 1 is 1.19 bits per heavy atom. The summed E-state index contributed by atoms with van der Waals surface area (Å²) in [6.45, 7) is 0. The zero-order valence-electron chi connectivity index (χ0n) is 13.6. The number of fused-ring (bicyclic) bond motifs is 1. The molecule has 0 aliphatic rings. The lowest BCUT2D eigenvalue weighted by Gasteiger charge is -2.16. The maximum absolute atomic E-state index is 14.5. The van der Waals surface area contributed by atoms with Crippen LogP contribution in [0.4, 0.5) is 29.1 Å². The Balaban J connectivity index is 2.46. The van der Waals surface area contributed by atoms with E-state index in [1.807, 2.05) is 0 Å². The molecule has 0 radical (unpaired) electrons. The number of nitrogens with zero attached hydrogens (tertiary/aromatic N) is 3. The SMILES string of the molecule is CNc1ccc(-c2nc(C(O)(O)O)n3c(C(F)(F)F)cnc(N)c23)c(F)c1. The summed E-state index contributed by atoms with van der Waals surface area (Å²) in [5, 5.41) is 31.1. The van der Waals surface area contributed by atoms with Crippen LogP contribution in [0.25, 0.3) is 16.8 Å². The third kappa shape index (κ3) is 3.13. The molecule has 0 unspecified atom stereocenters. The van der Waals surface area contributed by atoms with E-state index in [4.69, 9.17) is 5.73 Å². The van der Waals surface area contributed by atoms with Gasteiger partial charge < -0.3 is 26.4 Å². The number of benzene rings is 1. The first-order valence-electron chi connectivity index (χ1n) is 7.34. The summed E-state index contributed by atoms with van der Waals surface area (Å²) in [5.74, 6) is -6.33. The molecule has 0 atom stereocenters. The standard InChI is InChI=1S/C15H13F4N5O3/c1-21-6-2-3-7(8(16)4-6)10-11-12(20)22-5-9(14(17,18)19)24(11)13(23-10)15(25,26)27/h2-5,21,25-27H,1H3,(H2,20,22). The summed E-state index contributed by atoms with van der Waals surface area (Å²) in [4.78, 5) is 7.05. The van der Waals surface area contributed by atoms with E-state index in [1.165, 1.54) is 19.2 Å². The second-order valence-electron chi connectivity index (χ2n) is 5.57. The zero-order valence-corrected chi connectivity index (χ0v) is 13.6. The third-order valence-corrected chi connectivity index (χ3v) is 3.79. The summed E-state index contributed by atoms with van der Waals surface area (Å²) >= 11 is 0. The lowest BCUT2D eigenvalue weighted by molar-refractivity contribution is -0.329. The first kappa shape index (κ1) is 18.8. The largest absolute Gasteiger partial charge is 0.433 e. The number of aromatic nitrogens is 3. The molecule has 6 N–H and O–H groups in total. The van der Waals surface area contributed by atoms with Crippen molar-refractivity contribution in [1.82, 2.24) is 14.4 Å². The first-order chi connectivity index (χ1) is 12.4. The van der Waals surface area contributed by atoms with E-state index < -0.39 is 46.5 Å². The Kier molecular flexibility index (Phi) is 4.21. The number of nitrogen functional groups attached to an aromatic ring is 1. The molecule has 0 aliphatic heterocycles. The van der Waals surface area contributed by atoms with Crippen LogP contribution in [0.1, 0.15) is 11.5 Å². The summed E-state index contributed by atoms with van der Waals surface area (Å²) in [7, 11) is 1.54. The first-order valence-corrected chi connectivity index (χ1v) is 7.34. The molecule has 2 aromatic heterocycles. The maximum Gasteiger partial charge on any atom is 0.433 e. The molecule has 0 bridgehead atoms. The van der Waals surface area contributed by atoms with Gasteiger partial charge in [-0.1, -0.05) is 0 Å². The van der Waals surface area contributed by atoms with Crippen LogP contribution in [0.5, 0.6) is 0 Å². The molecule has 0 saturated carbocycles. The van der Waals surface area contributed by atoms with E-state index in [1.54, 1.807) is 0 Å². The van der Waals surface area contributed by atoms with Gasteiger partial charge in [-0.2, -0.15) is 13.2 Å². The minimum absolute atomic E-state index is 0.184. The number of nitrogens with one attached hydrogen (secondary N) is 1. The van der Waals surface area contributed by atoms with Crippen molar-refractivity contribution in [2.24, 2.45) is 0 Å². The van der Waals surface area contributed by atoms with Gasteiger partial charge in [-0.15, -0.1) is 0 Å². The summed E-state index contributed by atoms with van der Waals surface area (Å²) < 4.78 is 54.7. The Hall–Kier alpha value is -2.96. The number of imidazole rings is 1. The molecule has 0 amide bonds. The summed E-state index contributed by atoms with van der Waals surface area (Å²) in [5.41, 5.74) is 3.25. The molecule has 0 aliphatic carbocycles. The van der Waals surface area contributed by atoms with Crippen LogP contribution >= 0.6 is 0 Å². The van der Waals surface area contributed by atoms with Crippen LogP contribution in [-0.2, 0) is 12.1 Å². The zero-order chi connectivity index (χ0) is 20.1. The van der Waals surface area contributed by atoms with Gasteiger partial charge in [0.15, 0.2) is 0 Å². The van der Waals surface area contributed by atoms with Crippen molar-refractivity contribution in [1.29, 1.82) is 0 Å². The van der Waals surface area contributed by atoms with Crippen molar-refractivity contribution >= 4 is 17.0 Å². The topological polar surface area (TPSA) is 129 Å². The number of nitrogens with two attached hydrogens (primary N) is 1. The van der Waals surface area contributed by atoms with E-state index in [0.717, 1.165) is 6.07 Å². The van der Waals surface area contributed by atoms with Crippen LogP contribution in [0.15, 0.2) is 24.4 Å². The van der Waals surface area contributed by atoms with Crippen LogP contribution in [0.3, 0.4) is 0 Å². The van der Waals surface area contributed by atoms with Crippen molar-refractivity contribution in [3.8, 4) is 11.3 Å². The highest BCUT2D eigenvalue weighted by atomic mass is 19.4. The molecule has 2 heterocycles. The quantitative estimate of drug-likeness (QED) is 0.338. The molecule has 12 heteroatoms. The Bertz CT molecular complexity index is 1030. The minimum Gasteiger partial charge on any atom is -0.388 e. The fourth-order valence-electron chi connectivity index (χ4n) is 2.62. The number of aliphatic hydroxyl groups is 3. The third-order valence-electron chi connectivity index (χ3n) is 3.79. The van der Waals surface area contributed by atoms with Crippen LogP contribution < -0.4 is 11.1 Å². The van der Waals surface area contributed by atoms with E-state index in [0.29, 0.717) is 11.9 Å².